The van der Waals surface area contributed by atoms with Crippen LogP contribution in [0, 0.1) is 11.3 Å². The zero-order valence-corrected chi connectivity index (χ0v) is 25.4. The number of hydrogen-bond acceptors (Lipinski definition) is 9. The lowest BCUT2D eigenvalue weighted by atomic mass is 9.86. The van der Waals surface area contributed by atoms with Gasteiger partial charge in [0.05, 0.1) is 35.6 Å². The molecule has 11 heteroatoms. The Labute approximate surface area is 253 Å². The van der Waals surface area contributed by atoms with Gasteiger partial charge in [-0.05, 0) is 65.1 Å². The van der Waals surface area contributed by atoms with Gasteiger partial charge < -0.3 is 19.4 Å². The number of nitrogens with zero attached hydrogens (tertiary/aromatic N) is 9. The zero-order chi connectivity index (χ0) is 29.7. The normalized spacial score (nSPS) is 25.0. The Morgan fingerprint density at radius 2 is 1.86 bits per heavy atom. The molecule has 0 aromatic carbocycles. The summed E-state index contributed by atoms with van der Waals surface area (Å²) in [6.07, 6.45) is 9.25. The van der Waals surface area contributed by atoms with Crippen molar-refractivity contribution in [3.63, 3.8) is 0 Å². The SMILES string of the molecule is CN(C)CCCC(=O)N1C2CC1CN(c1ccc(-c3cc(OCCN4CC5CC(C4)N5C)cn4ncc(C#N)c34)cn1)C2. The summed E-state index contributed by atoms with van der Waals surface area (Å²) in [7, 11) is 6.31. The van der Waals surface area contributed by atoms with Crippen molar-refractivity contribution in [1.82, 2.24) is 34.2 Å². The molecular formula is C32H41N9O2. The van der Waals surface area contributed by atoms with Crippen LogP contribution < -0.4 is 9.64 Å². The summed E-state index contributed by atoms with van der Waals surface area (Å²) in [4.78, 5) is 29.2. The van der Waals surface area contributed by atoms with E-state index in [0.717, 1.165) is 80.3 Å². The van der Waals surface area contributed by atoms with Crippen LogP contribution in [0.3, 0.4) is 0 Å². The molecule has 9 rings (SSSR count). The maximum Gasteiger partial charge on any atom is 0.223 e. The van der Waals surface area contributed by atoms with Gasteiger partial charge in [0, 0.05) is 68.6 Å². The highest BCUT2D eigenvalue weighted by molar-refractivity contribution is 5.85. The maximum atomic E-state index is 12.8. The summed E-state index contributed by atoms with van der Waals surface area (Å²) in [6.45, 7) is 6.26. The smallest absolute Gasteiger partial charge is 0.223 e. The molecule has 4 unspecified atom stereocenters. The van der Waals surface area contributed by atoms with E-state index in [-0.39, 0.29) is 18.0 Å². The van der Waals surface area contributed by atoms with Gasteiger partial charge in [0.2, 0.25) is 5.91 Å². The van der Waals surface area contributed by atoms with Crippen LogP contribution in [0.15, 0.2) is 36.8 Å². The molecule has 6 saturated heterocycles. The lowest BCUT2D eigenvalue weighted by Crippen LogP contribution is -2.70. The van der Waals surface area contributed by atoms with E-state index in [1.807, 2.05) is 32.6 Å². The molecule has 43 heavy (non-hydrogen) atoms. The average Bonchev–Trinajstić information content (AvgIpc) is 3.43. The molecule has 3 aromatic rings. The van der Waals surface area contributed by atoms with Crippen molar-refractivity contribution in [3.8, 4) is 22.9 Å². The molecule has 0 N–H and O–H groups in total. The van der Waals surface area contributed by atoms with E-state index in [0.29, 0.717) is 30.7 Å². The fourth-order valence-electron chi connectivity index (χ4n) is 7.45. The molecule has 3 aromatic heterocycles. The quantitative estimate of drug-likeness (QED) is 0.356. The van der Waals surface area contributed by atoms with Crippen LogP contribution in [0.1, 0.15) is 31.2 Å². The lowest BCUT2D eigenvalue weighted by molar-refractivity contribution is -0.146. The molecule has 6 fully saturated rings. The third-order valence-electron chi connectivity index (χ3n) is 9.88. The summed E-state index contributed by atoms with van der Waals surface area (Å²) in [6, 6.07) is 10.3. The van der Waals surface area contributed by atoms with E-state index in [9.17, 15) is 10.1 Å². The lowest BCUT2D eigenvalue weighted by Gasteiger charge is -2.56. The fraction of sp³-hybridized carbons (Fsp3) is 0.562. The number of rotatable bonds is 10. The highest BCUT2D eigenvalue weighted by atomic mass is 16.5. The number of nitriles is 1. The van der Waals surface area contributed by atoms with E-state index >= 15 is 0 Å². The van der Waals surface area contributed by atoms with Crippen molar-refractivity contribution < 1.29 is 9.53 Å². The number of hydrogen-bond donors (Lipinski definition) is 0. The third-order valence-corrected chi connectivity index (χ3v) is 9.88. The van der Waals surface area contributed by atoms with Crippen molar-refractivity contribution in [2.75, 3.05) is 71.9 Å². The molecule has 11 nitrogen and oxygen atoms in total. The molecule has 0 saturated carbocycles. The molecule has 0 radical (unpaired) electrons. The van der Waals surface area contributed by atoms with Gasteiger partial charge in [0.15, 0.2) is 0 Å². The summed E-state index contributed by atoms with van der Waals surface area (Å²) < 4.78 is 7.98. The molecule has 4 atom stereocenters. The van der Waals surface area contributed by atoms with Crippen molar-refractivity contribution in [1.29, 1.82) is 5.26 Å². The first-order valence-corrected chi connectivity index (χ1v) is 15.5. The standard InChI is InChI=1S/C32H41N9O2/c1-36(2)8-4-5-31(42)41-26-12-27(41)20-39(19-26)30-7-6-22(15-34-30)29-13-28(21-40-32(29)23(14-33)16-35-40)43-10-9-38-17-24-11-25(18-38)37(24)3/h6-7,13,15-16,21,24-27H,4-5,8-12,17-20H2,1-3H3. The second-order valence-electron chi connectivity index (χ2n) is 12.9. The average molecular weight is 584 g/mol. The van der Waals surface area contributed by atoms with Gasteiger partial charge in [-0.15, -0.1) is 0 Å². The predicted molar refractivity (Wildman–Crippen MR) is 164 cm³/mol. The van der Waals surface area contributed by atoms with Crippen molar-refractivity contribution in [3.05, 3.63) is 42.4 Å². The number of likely N-dealkylation sites (N-methyl/N-ethyl adjacent to an activating group) is 1. The van der Waals surface area contributed by atoms with E-state index < -0.39 is 0 Å². The van der Waals surface area contributed by atoms with E-state index in [1.54, 1.807) is 10.7 Å². The van der Waals surface area contributed by atoms with Crippen LogP contribution in [0.5, 0.6) is 5.75 Å². The minimum absolute atomic E-state index is 0.266. The predicted octanol–water partition coefficient (Wildman–Crippen LogP) is 2.17. The number of carbonyl (C=O) groups excluding carboxylic acids is 1. The van der Waals surface area contributed by atoms with Gasteiger partial charge in [-0.25, -0.2) is 9.50 Å². The van der Waals surface area contributed by atoms with E-state index in [2.05, 4.69) is 54.8 Å². The number of piperidine rings is 2. The highest BCUT2D eigenvalue weighted by Crippen LogP contribution is 2.36. The number of pyridine rings is 2. The summed E-state index contributed by atoms with van der Waals surface area (Å²) in [5.41, 5.74) is 3.07. The maximum absolute atomic E-state index is 12.8. The van der Waals surface area contributed by atoms with Gasteiger partial charge in [0.25, 0.3) is 0 Å². The van der Waals surface area contributed by atoms with Gasteiger partial charge in [0.1, 0.15) is 24.2 Å². The number of aromatic nitrogens is 3. The van der Waals surface area contributed by atoms with Crippen LogP contribution in [-0.4, -0.2) is 131 Å². The van der Waals surface area contributed by atoms with E-state index in [4.69, 9.17) is 9.72 Å². The third kappa shape index (κ3) is 5.32. The molecule has 0 spiro atoms. The van der Waals surface area contributed by atoms with Gasteiger partial charge in [-0.2, -0.15) is 10.4 Å². The number of piperazine rings is 2. The van der Waals surface area contributed by atoms with Gasteiger partial charge in [-0.1, -0.05) is 0 Å². The van der Waals surface area contributed by atoms with Crippen LogP contribution >= 0.6 is 0 Å². The second-order valence-corrected chi connectivity index (χ2v) is 12.9. The van der Waals surface area contributed by atoms with Crippen LogP contribution in [0.2, 0.25) is 0 Å². The topological polar surface area (TPSA) is 96.5 Å². The number of amides is 1. The Morgan fingerprint density at radius 3 is 2.53 bits per heavy atom. The number of anilines is 1. The van der Waals surface area contributed by atoms with E-state index in [1.165, 1.54) is 6.42 Å². The molecule has 4 bridgehead atoms. The van der Waals surface area contributed by atoms with Crippen LogP contribution in [0.4, 0.5) is 5.82 Å². The number of ether oxygens (including phenoxy) is 1. The number of carbonyl (C=O) groups is 1. The first-order valence-electron chi connectivity index (χ1n) is 15.5. The molecule has 0 aliphatic carbocycles. The molecule has 6 aliphatic heterocycles. The highest BCUT2D eigenvalue weighted by Gasteiger charge is 2.47. The molecule has 226 valence electrons. The summed E-state index contributed by atoms with van der Waals surface area (Å²) in [5, 5.41) is 14.2. The minimum atomic E-state index is 0.266. The monoisotopic (exact) mass is 583 g/mol. The van der Waals surface area contributed by atoms with Crippen molar-refractivity contribution >= 4 is 17.2 Å². The second kappa shape index (κ2) is 11.4. The van der Waals surface area contributed by atoms with Crippen LogP contribution in [-0.2, 0) is 4.79 Å². The molecular weight excluding hydrogens is 542 g/mol. The first kappa shape index (κ1) is 28.1. The van der Waals surface area contributed by atoms with Gasteiger partial charge >= 0.3 is 0 Å². The summed E-state index contributed by atoms with van der Waals surface area (Å²) in [5.74, 6) is 1.93. The first-order chi connectivity index (χ1) is 20.9. The zero-order valence-electron chi connectivity index (χ0n) is 25.4. The fourth-order valence-corrected chi connectivity index (χ4v) is 7.45. The molecule has 9 heterocycles. The Kier molecular flexibility index (Phi) is 7.45. The Bertz CT molecular complexity index is 1510. The summed E-state index contributed by atoms with van der Waals surface area (Å²) >= 11 is 0. The Morgan fingerprint density at radius 1 is 1.09 bits per heavy atom. The Hall–Kier alpha value is -3.72. The van der Waals surface area contributed by atoms with Crippen molar-refractivity contribution in [2.45, 2.75) is 49.9 Å². The van der Waals surface area contributed by atoms with Crippen LogP contribution in [0.25, 0.3) is 16.6 Å². The van der Waals surface area contributed by atoms with Crippen molar-refractivity contribution in [2.24, 2.45) is 0 Å². The molecule has 6 aliphatic rings. The molecule has 1 amide bonds. The number of fused-ring (bicyclic) bond motifs is 5. The Balaban J connectivity index is 1.02. The largest absolute Gasteiger partial charge is 0.491 e. The minimum Gasteiger partial charge on any atom is -0.491 e. The van der Waals surface area contributed by atoms with Gasteiger partial charge in [-0.3, -0.25) is 14.6 Å².